The van der Waals surface area contributed by atoms with Crippen LogP contribution in [0.1, 0.15) is 6.42 Å². The molecule has 3 aromatic rings. The molecule has 4 rings (SSSR count). The second-order valence-corrected chi connectivity index (χ2v) is 6.26. The highest BCUT2D eigenvalue weighted by atomic mass is 16.5. The van der Waals surface area contributed by atoms with Gasteiger partial charge in [0.15, 0.2) is 0 Å². The molecule has 2 amide bonds. The average Bonchev–Trinajstić information content (AvgIpc) is 3.28. The van der Waals surface area contributed by atoms with Gasteiger partial charge in [-0.05, 0) is 42.5 Å². The Kier molecular flexibility index (Phi) is 4.04. The van der Waals surface area contributed by atoms with Gasteiger partial charge in [-0.3, -0.25) is 14.7 Å². The Labute approximate surface area is 149 Å². The van der Waals surface area contributed by atoms with Crippen molar-refractivity contribution in [3.8, 4) is 5.75 Å². The predicted octanol–water partition coefficient (Wildman–Crippen LogP) is 2.56. The van der Waals surface area contributed by atoms with Crippen LogP contribution in [0.4, 0.5) is 11.4 Å². The molecule has 1 aliphatic rings. The largest absolute Gasteiger partial charge is 0.497 e. The predicted molar refractivity (Wildman–Crippen MR) is 98.2 cm³/mol. The number of anilines is 2. The lowest BCUT2D eigenvalue weighted by atomic mass is 10.1. The summed E-state index contributed by atoms with van der Waals surface area (Å²) in [6, 6.07) is 12.8. The third-order valence-corrected chi connectivity index (χ3v) is 4.59. The summed E-state index contributed by atoms with van der Waals surface area (Å²) in [4.78, 5) is 26.6. The average molecular weight is 350 g/mol. The molecule has 1 unspecified atom stereocenters. The molecule has 1 saturated heterocycles. The van der Waals surface area contributed by atoms with E-state index in [1.807, 2.05) is 30.3 Å². The highest BCUT2D eigenvalue weighted by molar-refractivity contribution is 6.04. The van der Waals surface area contributed by atoms with Gasteiger partial charge in [0.05, 0.1) is 24.7 Å². The molecule has 0 aliphatic carbocycles. The van der Waals surface area contributed by atoms with Crippen molar-refractivity contribution < 1.29 is 14.3 Å². The van der Waals surface area contributed by atoms with Crippen LogP contribution in [0, 0.1) is 5.92 Å². The van der Waals surface area contributed by atoms with E-state index in [0.29, 0.717) is 12.2 Å². The van der Waals surface area contributed by atoms with E-state index in [4.69, 9.17) is 4.74 Å². The highest BCUT2D eigenvalue weighted by Gasteiger charge is 2.35. The van der Waals surface area contributed by atoms with Gasteiger partial charge in [0.2, 0.25) is 11.8 Å². The molecular formula is C19H18N4O3. The summed E-state index contributed by atoms with van der Waals surface area (Å²) < 4.78 is 5.13. The molecule has 2 heterocycles. The summed E-state index contributed by atoms with van der Waals surface area (Å²) in [5.41, 5.74) is 2.30. The molecule has 2 N–H and O–H groups in total. The first kappa shape index (κ1) is 16.1. The summed E-state index contributed by atoms with van der Waals surface area (Å²) in [5.74, 6) is 0.124. The van der Waals surface area contributed by atoms with Crippen molar-refractivity contribution in [2.24, 2.45) is 5.92 Å². The summed E-state index contributed by atoms with van der Waals surface area (Å²) >= 11 is 0. The lowest BCUT2D eigenvalue weighted by molar-refractivity contribution is -0.122. The third-order valence-electron chi connectivity index (χ3n) is 4.59. The summed E-state index contributed by atoms with van der Waals surface area (Å²) in [7, 11) is 1.59. The van der Waals surface area contributed by atoms with Gasteiger partial charge in [-0.2, -0.15) is 5.10 Å². The van der Waals surface area contributed by atoms with E-state index < -0.39 is 0 Å². The lowest BCUT2D eigenvalue weighted by Gasteiger charge is -2.17. The number of nitrogens with zero attached hydrogens (tertiary/aromatic N) is 2. The maximum atomic E-state index is 12.6. The second-order valence-electron chi connectivity index (χ2n) is 6.26. The van der Waals surface area contributed by atoms with Gasteiger partial charge in [0, 0.05) is 29.7 Å². The minimum atomic E-state index is -0.387. The number of carbonyl (C=O) groups is 2. The van der Waals surface area contributed by atoms with Crippen molar-refractivity contribution >= 4 is 34.1 Å². The number of amides is 2. The molecule has 2 aromatic carbocycles. The smallest absolute Gasteiger partial charge is 0.229 e. The van der Waals surface area contributed by atoms with Crippen LogP contribution in [0.15, 0.2) is 48.7 Å². The Bertz CT molecular complexity index is 964. The number of benzene rings is 2. The van der Waals surface area contributed by atoms with Gasteiger partial charge in [-0.15, -0.1) is 0 Å². The molecule has 0 saturated carbocycles. The third kappa shape index (κ3) is 2.99. The monoisotopic (exact) mass is 350 g/mol. The Hall–Kier alpha value is -3.35. The van der Waals surface area contributed by atoms with Gasteiger partial charge in [0.1, 0.15) is 5.75 Å². The number of rotatable bonds is 4. The zero-order valence-corrected chi connectivity index (χ0v) is 14.2. The quantitative estimate of drug-likeness (QED) is 0.757. The minimum Gasteiger partial charge on any atom is -0.497 e. The van der Waals surface area contributed by atoms with Crippen LogP contribution in [0.2, 0.25) is 0 Å². The van der Waals surface area contributed by atoms with Gasteiger partial charge in [-0.25, -0.2) is 0 Å². The zero-order chi connectivity index (χ0) is 18.1. The molecule has 0 bridgehead atoms. The lowest BCUT2D eigenvalue weighted by Crippen LogP contribution is -2.28. The van der Waals surface area contributed by atoms with Crippen LogP contribution >= 0.6 is 0 Å². The standard InChI is InChI=1S/C19H18N4O3/c1-26-16-6-4-15(5-7-16)23-11-13(8-18(23)24)19(25)21-14-3-2-12-10-20-22-17(12)9-14/h2-7,9-10,13H,8,11H2,1H3,(H,20,22)(H,21,25). The van der Waals surface area contributed by atoms with E-state index in [1.54, 1.807) is 30.3 Å². The van der Waals surface area contributed by atoms with Crippen molar-refractivity contribution in [1.82, 2.24) is 10.2 Å². The van der Waals surface area contributed by atoms with E-state index in [-0.39, 0.29) is 24.2 Å². The molecule has 1 atom stereocenters. The number of ether oxygens (including phenoxy) is 1. The summed E-state index contributed by atoms with van der Waals surface area (Å²) in [6.45, 7) is 0.364. The van der Waals surface area contributed by atoms with Crippen LogP contribution in [0.25, 0.3) is 10.9 Å². The molecule has 1 aromatic heterocycles. The minimum absolute atomic E-state index is 0.0562. The Morgan fingerprint density at radius 2 is 2.08 bits per heavy atom. The first-order valence-corrected chi connectivity index (χ1v) is 8.32. The zero-order valence-electron chi connectivity index (χ0n) is 14.2. The maximum Gasteiger partial charge on any atom is 0.229 e. The number of methoxy groups -OCH3 is 1. The van der Waals surface area contributed by atoms with E-state index in [9.17, 15) is 9.59 Å². The van der Waals surface area contributed by atoms with E-state index in [0.717, 1.165) is 22.3 Å². The fourth-order valence-corrected chi connectivity index (χ4v) is 3.15. The number of hydrogen-bond acceptors (Lipinski definition) is 4. The Morgan fingerprint density at radius 3 is 2.85 bits per heavy atom. The van der Waals surface area contributed by atoms with Crippen LogP contribution < -0.4 is 15.0 Å². The number of fused-ring (bicyclic) bond motifs is 1. The second kappa shape index (κ2) is 6.51. The van der Waals surface area contributed by atoms with Crippen molar-refractivity contribution in [2.75, 3.05) is 23.9 Å². The van der Waals surface area contributed by atoms with Crippen LogP contribution in [0.3, 0.4) is 0 Å². The van der Waals surface area contributed by atoms with E-state index in [2.05, 4.69) is 15.5 Å². The van der Waals surface area contributed by atoms with Crippen LogP contribution in [0.5, 0.6) is 5.75 Å². The SMILES string of the molecule is COc1ccc(N2CC(C(=O)Nc3ccc4cn[nH]c4c3)CC2=O)cc1. The molecule has 1 aliphatic heterocycles. The van der Waals surface area contributed by atoms with Gasteiger partial charge in [-0.1, -0.05) is 0 Å². The highest BCUT2D eigenvalue weighted by Crippen LogP contribution is 2.28. The number of nitrogens with one attached hydrogen (secondary N) is 2. The first-order chi connectivity index (χ1) is 12.6. The Balaban J connectivity index is 1.45. The van der Waals surface area contributed by atoms with Crippen molar-refractivity contribution in [2.45, 2.75) is 6.42 Å². The number of H-pyrrole nitrogens is 1. The fraction of sp³-hybridized carbons (Fsp3) is 0.211. The van der Waals surface area contributed by atoms with Gasteiger partial charge >= 0.3 is 0 Å². The molecule has 7 heteroatoms. The van der Waals surface area contributed by atoms with Crippen molar-refractivity contribution in [1.29, 1.82) is 0 Å². The normalized spacial score (nSPS) is 16.9. The number of carbonyl (C=O) groups excluding carboxylic acids is 2. The van der Waals surface area contributed by atoms with E-state index >= 15 is 0 Å². The molecule has 0 spiro atoms. The van der Waals surface area contributed by atoms with Crippen molar-refractivity contribution in [3.05, 3.63) is 48.7 Å². The molecule has 0 radical (unpaired) electrons. The van der Waals surface area contributed by atoms with Crippen LogP contribution in [-0.2, 0) is 9.59 Å². The number of aromatic amines is 1. The van der Waals surface area contributed by atoms with Crippen molar-refractivity contribution in [3.63, 3.8) is 0 Å². The molecule has 1 fully saturated rings. The first-order valence-electron chi connectivity index (χ1n) is 8.32. The maximum absolute atomic E-state index is 12.6. The molecule has 7 nitrogen and oxygen atoms in total. The number of aromatic nitrogens is 2. The van der Waals surface area contributed by atoms with Gasteiger partial charge < -0.3 is 15.0 Å². The molecule has 26 heavy (non-hydrogen) atoms. The fourth-order valence-electron chi connectivity index (χ4n) is 3.15. The topological polar surface area (TPSA) is 87.3 Å². The molecule has 132 valence electrons. The van der Waals surface area contributed by atoms with Gasteiger partial charge in [0.25, 0.3) is 0 Å². The van der Waals surface area contributed by atoms with E-state index in [1.165, 1.54) is 0 Å². The summed E-state index contributed by atoms with van der Waals surface area (Å²) in [6.07, 6.45) is 1.92. The summed E-state index contributed by atoms with van der Waals surface area (Å²) in [5, 5.41) is 10.7. The Morgan fingerprint density at radius 1 is 1.27 bits per heavy atom. The molecular weight excluding hydrogens is 332 g/mol. The van der Waals surface area contributed by atoms with Crippen LogP contribution in [-0.4, -0.2) is 35.7 Å². The number of hydrogen-bond donors (Lipinski definition) is 2.